The number of thiophene rings is 2. The molecule has 0 aliphatic rings. The predicted octanol–water partition coefficient (Wildman–Crippen LogP) is 5.19. The molecule has 2 rings (SSSR count). The van der Waals surface area contributed by atoms with Gasteiger partial charge in [-0.05, 0) is 56.3 Å². The number of hydrogen-bond donors (Lipinski definition) is 1. The summed E-state index contributed by atoms with van der Waals surface area (Å²) in [4.78, 5) is 2.71. The van der Waals surface area contributed by atoms with Gasteiger partial charge in [0.25, 0.3) is 0 Å². The average molecular weight is 381 g/mol. The average Bonchev–Trinajstić information content (AvgIpc) is 2.84. The third-order valence-electron chi connectivity index (χ3n) is 2.24. The van der Waals surface area contributed by atoms with Crippen molar-refractivity contribution in [2.45, 2.75) is 19.5 Å². The van der Waals surface area contributed by atoms with E-state index in [1.165, 1.54) is 18.7 Å². The lowest BCUT2D eigenvalue weighted by Gasteiger charge is -2.11. The van der Waals surface area contributed by atoms with Gasteiger partial charge >= 0.3 is 0 Å². The van der Waals surface area contributed by atoms with Crippen LogP contribution >= 0.6 is 54.5 Å². The highest BCUT2D eigenvalue weighted by atomic mass is 79.9. The smallest absolute Gasteiger partial charge is 0.0400 e. The second-order valence-corrected chi connectivity index (χ2v) is 7.18. The Balaban J connectivity index is 1.93. The monoisotopic (exact) mass is 379 g/mol. The maximum Gasteiger partial charge on any atom is 0.0400 e. The molecule has 0 aliphatic heterocycles. The van der Waals surface area contributed by atoms with Crippen molar-refractivity contribution in [3.63, 3.8) is 0 Å². The van der Waals surface area contributed by atoms with E-state index in [9.17, 15) is 0 Å². The minimum atomic E-state index is 0.384. The summed E-state index contributed by atoms with van der Waals surface area (Å²) in [6, 6.07) is 4.64. The van der Waals surface area contributed by atoms with Gasteiger partial charge in [0.15, 0.2) is 0 Å². The van der Waals surface area contributed by atoms with Crippen LogP contribution in [0.4, 0.5) is 0 Å². The lowest BCUT2D eigenvalue weighted by Crippen LogP contribution is -2.16. The Labute approximate surface area is 120 Å². The Hall–Kier alpha value is 0.320. The van der Waals surface area contributed by atoms with E-state index >= 15 is 0 Å². The van der Waals surface area contributed by atoms with Gasteiger partial charge in [0, 0.05) is 36.7 Å². The summed E-state index contributed by atoms with van der Waals surface area (Å²) < 4.78 is 2.36. The second-order valence-electron chi connectivity index (χ2n) is 3.47. The van der Waals surface area contributed by atoms with Crippen molar-refractivity contribution in [1.29, 1.82) is 0 Å². The van der Waals surface area contributed by atoms with Gasteiger partial charge in [-0.15, -0.1) is 22.7 Å². The van der Waals surface area contributed by atoms with Crippen LogP contribution in [0.2, 0.25) is 0 Å². The van der Waals surface area contributed by atoms with Gasteiger partial charge in [0.1, 0.15) is 0 Å². The van der Waals surface area contributed by atoms with Crippen molar-refractivity contribution in [3.05, 3.63) is 41.6 Å². The SMILES string of the molecule is CC(NCc1cc(Br)cs1)c1sccc1Br. The minimum Gasteiger partial charge on any atom is -0.305 e. The van der Waals surface area contributed by atoms with E-state index in [1.807, 2.05) is 0 Å². The van der Waals surface area contributed by atoms with Crippen molar-refractivity contribution in [2.75, 3.05) is 0 Å². The topological polar surface area (TPSA) is 12.0 Å². The van der Waals surface area contributed by atoms with Crippen molar-refractivity contribution in [3.8, 4) is 0 Å². The van der Waals surface area contributed by atoms with E-state index in [2.05, 4.69) is 67.0 Å². The highest BCUT2D eigenvalue weighted by Gasteiger charge is 2.10. The van der Waals surface area contributed by atoms with E-state index in [1.54, 1.807) is 22.7 Å². The van der Waals surface area contributed by atoms with Gasteiger partial charge in [0.05, 0.1) is 0 Å². The largest absolute Gasteiger partial charge is 0.305 e. The summed E-state index contributed by atoms with van der Waals surface area (Å²) in [7, 11) is 0. The van der Waals surface area contributed by atoms with Crippen LogP contribution in [0.3, 0.4) is 0 Å². The van der Waals surface area contributed by atoms with Crippen LogP contribution in [-0.4, -0.2) is 0 Å². The van der Waals surface area contributed by atoms with E-state index < -0.39 is 0 Å². The number of rotatable bonds is 4. The molecule has 1 atom stereocenters. The molecule has 0 saturated carbocycles. The Morgan fingerprint density at radius 3 is 2.75 bits per heavy atom. The quantitative estimate of drug-likeness (QED) is 0.769. The van der Waals surface area contributed by atoms with Crippen molar-refractivity contribution in [1.82, 2.24) is 5.32 Å². The lowest BCUT2D eigenvalue weighted by atomic mass is 10.2. The third-order valence-corrected chi connectivity index (χ3v) is 5.99. The summed E-state index contributed by atoms with van der Waals surface area (Å²) in [5.74, 6) is 0. The fourth-order valence-electron chi connectivity index (χ4n) is 1.41. The van der Waals surface area contributed by atoms with Gasteiger partial charge in [-0.25, -0.2) is 0 Å². The molecule has 0 bridgehead atoms. The Morgan fingerprint density at radius 1 is 1.38 bits per heavy atom. The van der Waals surface area contributed by atoms with Gasteiger partial charge in [-0.2, -0.15) is 0 Å². The van der Waals surface area contributed by atoms with Crippen molar-refractivity contribution < 1.29 is 0 Å². The van der Waals surface area contributed by atoms with E-state index in [0.29, 0.717) is 6.04 Å². The molecule has 2 aromatic rings. The number of hydrogen-bond acceptors (Lipinski definition) is 3. The Bertz CT molecular complexity index is 464. The van der Waals surface area contributed by atoms with Crippen molar-refractivity contribution in [2.24, 2.45) is 0 Å². The van der Waals surface area contributed by atoms with Crippen molar-refractivity contribution >= 4 is 54.5 Å². The molecule has 1 nitrogen and oxygen atoms in total. The van der Waals surface area contributed by atoms with Crippen LogP contribution in [0, 0.1) is 0 Å². The predicted molar refractivity (Wildman–Crippen MR) is 79.3 cm³/mol. The fraction of sp³-hybridized carbons (Fsp3) is 0.273. The maximum absolute atomic E-state index is 3.56. The molecule has 0 saturated heterocycles. The van der Waals surface area contributed by atoms with E-state index in [-0.39, 0.29) is 0 Å². The zero-order chi connectivity index (χ0) is 11.5. The molecule has 0 spiro atoms. The summed E-state index contributed by atoms with van der Waals surface area (Å²) in [5.41, 5.74) is 0. The first-order chi connectivity index (χ1) is 7.66. The molecular formula is C11H11Br2NS2. The normalized spacial score (nSPS) is 12.9. The summed E-state index contributed by atoms with van der Waals surface area (Å²) in [6.45, 7) is 3.11. The highest BCUT2D eigenvalue weighted by Crippen LogP contribution is 2.29. The van der Waals surface area contributed by atoms with Crippen LogP contribution < -0.4 is 5.32 Å². The number of nitrogens with one attached hydrogen (secondary N) is 1. The second kappa shape index (κ2) is 5.78. The molecule has 0 aromatic carbocycles. The molecule has 0 amide bonds. The highest BCUT2D eigenvalue weighted by molar-refractivity contribution is 9.10. The molecule has 2 aromatic heterocycles. The maximum atomic E-state index is 3.56. The zero-order valence-corrected chi connectivity index (χ0v) is 13.5. The minimum absolute atomic E-state index is 0.384. The summed E-state index contributed by atoms with van der Waals surface area (Å²) in [5, 5.41) is 7.75. The van der Waals surface area contributed by atoms with Crippen LogP contribution in [0.15, 0.2) is 31.8 Å². The molecule has 1 N–H and O–H groups in total. The van der Waals surface area contributed by atoms with Crippen LogP contribution in [-0.2, 0) is 6.54 Å². The Morgan fingerprint density at radius 2 is 2.19 bits per heavy atom. The fourth-order valence-corrected chi connectivity index (χ4v) is 4.56. The molecule has 1 unspecified atom stereocenters. The van der Waals surface area contributed by atoms with Crippen LogP contribution in [0.25, 0.3) is 0 Å². The van der Waals surface area contributed by atoms with E-state index in [0.717, 1.165) is 6.54 Å². The molecule has 2 heterocycles. The molecular weight excluding hydrogens is 370 g/mol. The molecule has 16 heavy (non-hydrogen) atoms. The first-order valence-corrected chi connectivity index (χ1v) is 8.20. The third kappa shape index (κ3) is 3.17. The van der Waals surface area contributed by atoms with Gasteiger partial charge < -0.3 is 5.32 Å². The van der Waals surface area contributed by atoms with Gasteiger partial charge in [-0.3, -0.25) is 0 Å². The molecule has 5 heteroatoms. The first kappa shape index (κ1) is 12.8. The van der Waals surface area contributed by atoms with E-state index in [4.69, 9.17) is 0 Å². The zero-order valence-electron chi connectivity index (χ0n) is 8.67. The standard InChI is InChI=1S/C11H11Br2NS2/c1-7(11-10(13)2-3-15-11)14-5-9-4-8(12)6-16-9/h2-4,6-7,14H,5H2,1H3. The Kier molecular flexibility index (Phi) is 4.61. The summed E-state index contributed by atoms with van der Waals surface area (Å²) in [6.07, 6.45) is 0. The van der Waals surface area contributed by atoms with Crippen LogP contribution in [0.1, 0.15) is 22.7 Å². The van der Waals surface area contributed by atoms with Crippen LogP contribution in [0.5, 0.6) is 0 Å². The van der Waals surface area contributed by atoms with Gasteiger partial charge in [-0.1, -0.05) is 0 Å². The lowest BCUT2D eigenvalue weighted by molar-refractivity contribution is 0.585. The number of halogens is 2. The first-order valence-electron chi connectivity index (χ1n) is 4.86. The molecule has 86 valence electrons. The molecule has 0 aliphatic carbocycles. The molecule has 0 radical (unpaired) electrons. The van der Waals surface area contributed by atoms with Gasteiger partial charge in [0.2, 0.25) is 0 Å². The summed E-state index contributed by atoms with van der Waals surface area (Å²) >= 11 is 10.6. The molecule has 0 fully saturated rings.